The van der Waals surface area contributed by atoms with Crippen LogP contribution in [0, 0.1) is 12.8 Å². The van der Waals surface area contributed by atoms with Crippen molar-refractivity contribution in [2.45, 2.75) is 52.7 Å². The van der Waals surface area contributed by atoms with Gasteiger partial charge < -0.3 is 15.0 Å². The molecule has 4 nitrogen and oxygen atoms in total. The summed E-state index contributed by atoms with van der Waals surface area (Å²) in [7, 11) is 0. The molecule has 1 aliphatic rings. The number of nitrogens with one attached hydrogen (secondary N) is 1. The molecule has 0 spiro atoms. The normalized spacial score (nSPS) is 18.8. The lowest BCUT2D eigenvalue weighted by molar-refractivity contribution is -0.127. The molecule has 156 valence electrons. The second-order valence-electron chi connectivity index (χ2n) is 8.19. The molecule has 0 aromatic heterocycles. The van der Waals surface area contributed by atoms with Crippen LogP contribution in [0.5, 0.6) is 5.75 Å². The number of benzene rings is 2. The Morgan fingerprint density at radius 1 is 1.21 bits per heavy atom. The molecule has 5 heteroatoms. The van der Waals surface area contributed by atoms with Gasteiger partial charge in [-0.3, -0.25) is 4.79 Å². The lowest BCUT2D eigenvalue weighted by Gasteiger charge is -2.33. The van der Waals surface area contributed by atoms with Gasteiger partial charge in [-0.25, -0.2) is 0 Å². The Balaban J connectivity index is 1.56. The smallest absolute Gasteiger partial charge is 0.261 e. The first-order valence-electron chi connectivity index (χ1n) is 10.4. The van der Waals surface area contributed by atoms with E-state index in [0.717, 1.165) is 30.1 Å². The highest BCUT2D eigenvalue weighted by molar-refractivity contribution is 6.31. The van der Waals surface area contributed by atoms with E-state index in [-0.39, 0.29) is 11.9 Å². The molecule has 2 aromatic carbocycles. The van der Waals surface area contributed by atoms with Crippen LogP contribution in [-0.4, -0.2) is 25.1 Å². The van der Waals surface area contributed by atoms with Crippen molar-refractivity contribution in [3.63, 3.8) is 0 Å². The van der Waals surface area contributed by atoms with Crippen LogP contribution in [0.25, 0.3) is 0 Å². The van der Waals surface area contributed by atoms with Gasteiger partial charge in [0.15, 0.2) is 6.10 Å². The average Bonchev–Trinajstić information content (AvgIpc) is 2.70. The maximum absolute atomic E-state index is 12.6. The van der Waals surface area contributed by atoms with Gasteiger partial charge in [0, 0.05) is 23.8 Å². The number of aryl methyl sites for hydroxylation is 1. The van der Waals surface area contributed by atoms with Crippen molar-refractivity contribution >= 4 is 23.2 Å². The van der Waals surface area contributed by atoms with Crippen molar-refractivity contribution in [2.24, 2.45) is 5.92 Å². The fourth-order valence-electron chi connectivity index (χ4n) is 3.76. The third-order valence-corrected chi connectivity index (χ3v) is 6.01. The van der Waals surface area contributed by atoms with Crippen molar-refractivity contribution in [2.75, 3.05) is 18.0 Å². The second kappa shape index (κ2) is 9.53. The zero-order valence-electron chi connectivity index (χ0n) is 17.7. The lowest BCUT2D eigenvalue weighted by Crippen LogP contribution is -2.37. The summed E-state index contributed by atoms with van der Waals surface area (Å²) in [6, 6.07) is 13.8. The van der Waals surface area contributed by atoms with Gasteiger partial charge in [0.1, 0.15) is 5.75 Å². The molecular formula is C24H31ClN2O2. The van der Waals surface area contributed by atoms with Gasteiger partial charge in [0.05, 0.1) is 6.04 Å². The Morgan fingerprint density at radius 3 is 2.59 bits per heavy atom. The van der Waals surface area contributed by atoms with Crippen LogP contribution in [0.15, 0.2) is 42.5 Å². The largest absolute Gasteiger partial charge is 0.481 e. The highest BCUT2D eigenvalue weighted by Gasteiger charge is 2.19. The highest BCUT2D eigenvalue weighted by atomic mass is 35.5. The number of halogens is 1. The van der Waals surface area contributed by atoms with Crippen molar-refractivity contribution in [3.8, 4) is 5.75 Å². The summed E-state index contributed by atoms with van der Waals surface area (Å²) in [4.78, 5) is 15.0. The molecule has 0 radical (unpaired) electrons. The first-order chi connectivity index (χ1) is 13.8. The summed E-state index contributed by atoms with van der Waals surface area (Å²) in [6.45, 7) is 10.2. The zero-order valence-corrected chi connectivity index (χ0v) is 18.5. The van der Waals surface area contributed by atoms with Gasteiger partial charge in [-0.05, 0) is 81.0 Å². The van der Waals surface area contributed by atoms with E-state index in [2.05, 4.69) is 41.4 Å². The summed E-state index contributed by atoms with van der Waals surface area (Å²) in [5.74, 6) is 1.24. The molecule has 0 saturated carbocycles. The molecule has 1 N–H and O–H groups in total. The number of ether oxygens (including phenoxy) is 1. The monoisotopic (exact) mass is 414 g/mol. The van der Waals surface area contributed by atoms with Crippen molar-refractivity contribution in [1.29, 1.82) is 0 Å². The predicted molar refractivity (Wildman–Crippen MR) is 120 cm³/mol. The summed E-state index contributed by atoms with van der Waals surface area (Å²) < 4.78 is 5.78. The Kier molecular flexibility index (Phi) is 7.07. The van der Waals surface area contributed by atoms with Crippen LogP contribution in [0.2, 0.25) is 5.02 Å². The van der Waals surface area contributed by atoms with Crippen LogP contribution in [-0.2, 0) is 4.79 Å². The van der Waals surface area contributed by atoms with Crippen LogP contribution < -0.4 is 15.0 Å². The van der Waals surface area contributed by atoms with Crippen LogP contribution >= 0.6 is 11.6 Å². The van der Waals surface area contributed by atoms with Crippen LogP contribution in [0.4, 0.5) is 5.69 Å². The maximum atomic E-state index is 12.6. The van der Waals surface area contributed by atoms with E-state index in [0.29, 0.717) is 10.8 Å². The summed E-state index contributed by atoms with van der Waals surface area (Å²) >= 11 is 6.05. The van der Waals surface area contributed by atoms with E-state index in [4.69, 9.17) is 16.3 Å². The third-order valence-electron chi connectivity index (χ3n) is 5.59. The van der Waals surface area contributed by atoms with Crippen molar-refractivity contribution in [3.05, 3.63) is 58.6 Å². The van der Waals surface area contributed by atoms with Crippen molar-refractivity contribution < 1.29 is 9.53 Å². The molecule has 3 atom stereocenters. The molecule has 0 aliphatic carbocycles. The Labute approximate surface area is 179 Å². The van der Waals surface area contributed by atoms with Crippen LogP contribution in [0.1, 0.15) is 50.8 Å². The third kappa shape index (κ3) is 5.66. The van der Waals surface area contributed by atoms with E-state index < -0.39 is 6.10 Å². The Hall–Kier alpha value is -2.20. The zero-order chi connectivity index (χ0) is 21.0. The number of hydrogen-bond donors (Lipinski definition) is 1. The summed E-state index contributed by atoms with van der Waals surface area (Å²) in [5, 5.41) is 3.73. The number of carbonyl (C=O) groups excluding carboxylic acids is 1. The van der Waals surface area contributed by atoms with E-state index in [1.165, 1.54) is 18.5 Å². The highest BCUT2D eigenvalue weighted by Crippen LogP contribution is 2.25. The molecule has 1 aliphatic heterocycles. The summed E-state index contributed by atoms with van der Waals surface area (Å²) in [6.07, 6.45) is 1.97. The summed E-state index contributed by atoms with van der Waals surface area (Å²) in [5.41, 5.74) is 3.27. The second-order valence-corrected chi connectivity index (χ2v) is 8.59. The molecule has 0 bridgehead atoms. The van der Waals surface area contributed by atoms with E-state index in [9.17, 15) is 4.79 Å². The van der Waals surface area contributed by atoms with Gasteiger partial charge in [0.25, 0.3) is 5.91 Å². The molecule has 3 rings (SSSR count). The van der Waals surface area contributed by atoms with Gasteiger partial charge in [-0.1, -0.05) is 30.7 Å². The Bertz CT molecular complexity index is 837. The first kappa shape index (κ1) is 21.5. The van der Waals surface area contributed by atoms with Crippen molar-refractivity contribution in [1.82, 2.24) is 5.32 Å². The minimum absolute atomic E-state index is 0.0881. The van der Waals surface area contributed by atoms with E-state index in [1.807, 2.05) is 19.9 Å². The molecule has 1 heterocycles. The average molecular weight is 415 g/mol. The van der Waals surface area contributed by atoms with Gasteiger partial charge >= 0.3 is 0 Å². The van der Waals surface area contributed by atoms with E-state index >= 15 is 0 Å². The van der Waals surface area contributed by atoms with Gasteiger partial charge in [-0.15, -0.1) is 0 Å². The molecule has 29 heavy (non-hydrogen) atoms. The number of nitrogens with zero attached hydrogens (tertiary/aromatic N) is 1. The number of anilines is 1. The number of carbonyl (C=O) groups is 1. The molecule has 1 amide bonds. The molecule has 1 fully saturated rings. The predicted octanol–water partition coefficient (Wildman–Crippen LogP) is 5.53. The first-order valence-corrected chi connectivity index (χ1v) is 10.8. The lowest BCUT2D eigenvalue weighted by atomic mass is 9.99. The Morgan fingerprint density at radius 2 is 1.93 bits per heavy atom. The molecule has 0 unspecified atom stereocenters. The van der Waals surface area contributed by atoms with Crippen LogP contribution in [0.3, 0.4) is 0 Å². The number of piperidine rings is 1. The number of hydrogen-bond acceptors (Lipinski definition) is 3. The van der Waals surface area contributed by atoms with Gasteiger partial charge in [0.2, 0.25) is 0 Å². The van der Waals surface area contributed by atoms with E-state index in [1.54, 1.807) is 19.1 Å². The minimum Gasteiger partial charge on any atom is -0.481 e. The quantitative estimate of drug-likeness (QED) is 0.675. The topological polar surface area (TPSA) is 41.6 Å². The number of rotatable bonds is 6. The fraction of sp³-hybridized carbons (Fsp3) is 0.458. The standard InChI is InChI=1S/C24H31ClN2O2/c1-16-6-5-13-27(15-16)21-9-7-20(8-10-21)18(3)26-24(28)19(4)29-22-11-12-23(25)17(2)14-22/h7-12,14,16,18-19H,5-6,13,15H2,1-4H3,(H,26,28)/t16-,18+,19+/m1/s1. The molecule has 1 saturated heterocycles. The number of amides is 1. The van der Waals surface area contributed by atoms with Gasteiger partial charge in [-0.2, -0.15) is 0 Å². The maximum Gasteiger partial charge on any atom is 0.261 e. The molecule has 2 aromatic rings. The molecular weight excluding hydrogens is 384 g/mol. The minimum atomic E-state index is -0.591. The SMILES string of the molecule is Cc1cc(O[C@@H](C)C(=O)N[C@@H](C)c2ccc(N3CCC[C@@H](C)C3)cc2)ccc1Cl. The fourth-order valence-corrected chi connectivity index (χ4v) is 3.88.